The normalized spacial score (nSPS) is 12.6. The third kappa shape index (κ3) is 5.85. The van der Waals surface area contributed by atoms with Crippen molar-refractivity contribution in [3.05, 3.63) is 121 Å². The molecule has 0 aliphatic carbocycles. The molecule has 0 unspecified atom stereocenters. The van der Waals surface area contributed by atoms with Gasteiger partial charge in [0.25, 0.3) is 11.8 Å². The zero-order valence-electron chi connectivity index (χ0n) is 21.9. The molecule has 3 aromatic carbocycles. The van der Waals surface area contributed by atoms with Gasteiger partial charge in [0.1, 0.15) is 11.4 Å². The first-order valence-corrected chi connectivity index (χ1v) is 14.0. The molecule has 0 bridgehead atoms. The third-order valence-electron chi connectivity index (χ3n) is 7.01. The van der Waals surface area contributed by atoms with Crippen LogP contribution in [0.25, 0.3) is 0 Å². The van der Waals surface area contributed by atoms with Gasteiger partial charge in [-0.2, -0.15) is 0 Å². The van der Waals surface area contributed by atoms with Crippen LogP contribution in [0.5, 0.6) is 5.75 Å². The summed E-state index contributed by atoms with van der Waals surface area (Å²) < 4.78 is 9.06. The lowest BCUT2D eigenvalue weighted by Gasteiger charge is -2.28. The summed E-state index contributed by atoms with van der Waals surface area (Å²) in [6.45, 7) is 1.38. The van der Waals surface area contributed by atoms with Crippen molar-refractivity contribution in [2.45, 2.75) is 32.6 Å². The van der Waals surface area contributed by atoms with Gasteiger partial charge in [0.15, 0.2) is 0 Å². The largest absolute Gasteiger partial charge is 0.497 e. The molecule has 40 heavy (non-hydrogen) atoms. The molecule has 0 radical (unpaired) electrons. The van der Waals surface area contributed by atoms with E-state index in [-0.39, 0.29) is 36.3 Å². The lowest BCUT2D eigenvalue weighted by Crippen LogP contribution is -2.41. The fraction of sp³-hybridized carbons (Fsp3) is 0.233. The van der Waals surface area contributed by atoms with Crippen LogP contribution in [0, 0.1) is 0 Å². The van der Waals surface area contributed by atoms with Crippen molar-refractivity contribution in [1.82, 2.24) is 19.4 Å². The average Bonchev–Trinajstić information content (AvgIpc) is 3.27. The first-order chi connectivity index (χ1) is 19.4. The number of carbonyl (C=O) groups is 2. The molecule has 1 N–H and O–H groups in total. The second-order valence-electron chi connectivity index (χ2n) is 9.50. The number of halogens is 2. The van der Waals surface area contributed by atoms with Crippen molar-refractivity contribution in [1.29, 1.82) is 0 Å². The van der Waals surface area contributed by atoms with E-state index in [4.69, 9.17) is 16.3 Å². The molecule has 4 aromatic rings. The Balaban J connectivity index is 1.44. The van der Waals surface area contributed by atoms with E-state index in [1.807, 2.05) is 54.6 Å². The summed E-state index contributed by atoms with van der Waals surface area (Å²) in [5.74, 6) is 0.147. The Bertz CT molecular complexity index is 1600. The third-order valence-corrected chi connectivity index (χ3v) is 8.25. The Kier molecular flexibility index (Phi) is 8.42. The maximum atomic E-state index is 13.7. The van der Waals surface area contributed by atoms with E-state index < -0.39 is 0 Å². The highest BCUT2D eigenvalue weighted by Gasteiger charge is 2.31. The Morgan fingerprint density at radius 2 is 1.75 bits per heavy atom. The molecule has 0 saturated heterocycles. The maximum absolute atomic E-state index is 13.7. The lowest BCUT2D eigenvalue weighted by molar-refractivity contribution is 0.0706. The molecule has 10 heteroatoms. The first-order valence-electron chi connectivity index (χ1n) is 12.9. The van der Waals surface area contributed by atoms with Gasteiger partial charge in [-0.3, -0.25) is 18.7 Å². The van der Waals surface area contributed by atoms with Crippen molar-refractivity contribution in [2.24, 2.45) is 0 Å². The number of aryl methyl sites for hydroxylation is 1. The summed E-state index contributed by atoms with van der Waals surface area (Å²) in [5.41, 5.74) is 2.95. The monoisotopic (exact) mass is 622 g/mol. The zero-order chi connectivity index (χ0) is 28.2. The van der Waals surface area contributed by atoms with Crippen LogP contribution in [-0.4, -0.2) is 39.5 Å². The van der Waals surface area contributed by atoms with E-state index in [1.165, 1.54) is 4.57 Å². The number of amides is 2. The molecule has 2 heterocycles. The fourth-order valence-corrected chi connectivity index (χ4v) is 5.28. The number of carbonyl (C=O) groups excluding carboxylic acids is 2. The Morgan fingerprint density at radius 1 is 1.00 bits per heavy atom. The molecule has 1 aromatic heterocycles. The maximum Gasteiger partial charge on any atom is 0.329 e. The molecule has 5 rings (SSSR count). The van der Waals surface area contributed by atoms with Crippen molar-refractivity contribution in [3.8, 4) is 5.75 Å². The molecule has 206 valence electrons. The molecule has 0 saturated carbocycles. The number of rotatable bonds is 8. The van der Waals surface area contributed by atoms with Crippen molar-refractivity contribution >= 4 is 39.3 Å². The van der Waals surface area contributed by atoms with E-state index >= 15 is 0 Å². The number of hydrogen-bond acceptors (Lipinski definition) is 4. The summed E-state index contributed by atoms with van der Waals surface area (Å²) >= 11 is 9.58. The number of fused-ring (bicyclic) bond motifs is 1. The number of imidazole rings is 1. The van der Waals surface area contributed by atoms with Gasteiger partial charge in [0.05, 0.1) is 24.4 Å². The molecule has 0 fully saturated rings. The van der Waals surface area contributed by atoms with Crippen LogP contribution in [0.3, 0.4) is 0 Å². The molecule has 0 spiro atoms. The van der Waals surface area contributed by atoms with Gasteiger partial charge in [-0.05, 0) is 63.8 Å². The highest BCUT2D eigenvalue weighted by molar-refractivity contribution is 9.10. The van der Waals surface area contributed by atoms with Gasteiger partial charge >= 0.3 is 5.69 Å². The highest BCUT2D eigenvalue weighted by atomic mass is 79.9. The van der Waals surface area contributed by atoms with Gasteiger partial charge in [0.2, 0.25) is 0 Å². The molecule has 0 atom stereocenters. The van der Waals surface area contributed by atoms with Gasteiger partial charge < -0.3 is 15.0 Å². The van der Waals surface area contributed by atoms with Crippen LogP contribution < -0.4 is 15.7 Å². The first kappa shape index (κ1) is 27.7. The summed E-state index contributed by atoms with van der Waals surface area (Å²) in [5, 5.41) is 3.40. The fourth-order valence-electron chi connectivity index (χ4n) is 4.85. The lowest BCUT2D eigenvalue weighted by atomic mass is 10.1. The number of hydrogen-bond donors (Lipinski definition) is 1. The Hall–Kier alpha value is -3.82. The summed E-state index contributed by atoms with van der Waals surface area (Å²) in [4.78, 5) is 42.2. The number of nitrogens with one attached hydrogen (secondary N) is 1. The predicted molar refractivity (Wildman–Crippen MR) is 157 cm³/mol. The van der Waals surface area contributed by atoms with Gasteiger partial charge in [-0.1, -0.05) is 54.1 Å². The van der Waals surface area contributed by atoms with Gasteiger partial charge in [-0.15, -0.1) is 0 Å². The van der Waals surface area contributed by atoms with E-state index in [0.29, 0.717) is 46.8 Å². The van der Waals surface area contributed by atoms with E-state index in [1.54, 1.807) is 34.8 Å². The van der Waals surface area contributed by atoms with Crippen molar-refractivity contribution in [2.75, 3.05) is 13.7 Å². The standard InChI is InChI=1S/C30H28BrClN4O4/c1-40-23-10-7-21(8-11-23)18-33-28(37)27-26-19-34(29(38)22-9-12-24(31)25(32)17-22)15-16-35(26)30(39)36(27)14-13-20-5-3-2-4-6-20/h2-12,17H,13-16,18-19H2,1H3,(H,33,37). The summed E-state index contributed by atoms with van der Waals surface area (Å²) in [7, 11) is 1.60. The van der Waals surface area contributed by atoms with E-state index in [2.05, 4.69) is 21.2 Å². The quantitative estimate of drug-likeness (QED) is 0.303. The van der Waals surface area contributed by atoms with Crippen LogP contribution >= 0.6 is 27.5 Å². The van der Waals surface area contributed by atoms with Crippen molar-refractivity contribution in [3.63, 3.8) is 0 Å². The predicted octanol–water partition coefficient (Wildman–Crippen LogP) is 4.90. The Morgan fingerprint density at radius 3 is 2.45 bits per heavy atom. The van der Waals surface area contributed by atoms with Crippen molar-refractivity contribution < 1.29 is 14.3 Å². The summed E-state index contributed by atoms with van der Waals surface area (Å²) in [6, 6.07) is 22.3. The molecule has 1 aliphatic heterocycles. The topological polar surface area (TPSA) is 85.6 Å². The summed E-state index contributed by atoms with van der Waals surface area (Å²) in [6.07, 6.45) is 0.586. The number of aromatic nitrogens is 2. The minimum Gasteiger partial charge on any atom is -0.497 e. The van der Waals surface area contributed by atoms with Crippen LogP contribution in [0.1, 0.15) is 37.7 Å². The highest BCUT2D eigenvalue weighted by Crippen LogP contribution is 2.25. The average molecular weight is 624 g/mol. The van der Waals surface area contributed by atoms with Crippen LogP contribution in [0.2, 0.25) is 5.02 Å². The van der Waals surface area contributed by atoms with Crippen LogP contribution in [0.15, 0.2) is 82.1 Å². The van der Waals surface area contributed by atoms with E-state index in [9.17, 15) is 14.4 Å². The minimum absolute atomic E-state index is 0.130. The van der Waals surface area contributed by atoms with Crippen LogP contribution in [-0.2, 0) is 32.6 Å². The molecular weight excluding hydrogens is 596 g/mol. The number of ether oxygens (including phenoxy) is 1. The molecule has 1 aliphatic rings. The minimum atomic E-state index is -0.365. The number of methoxy groups -OCH3 is 1. The smallest absolute Gasteiger partial charge is 0.329 e. The molecule has 8 nitrogen and oxygen atoms in total. The molecule has 2 amide bonds. The number of benzene rings is 3. The SMILES string of the molecule is COc1ccc(CNC(=O)c2c3n(c(=O)n2CCc2ccccc2)CCN(C(=O)c2ccc(Br)c(Cl)c2)C3)cc1. The van der Waals surface area contributed by atoms with Gasteiger partial charge in [0, 0.05) is 36.2 Å². The van der Waals surface area contributed by atoms with Crippen LogP contribution in [0.4, 0.5) is 0 Å². The second kappa shape index (κ2) is 12.1. The zero-order valence-corrected chi connectivity index (χ0v) is 24.2. The molecular formula is C30H28BrClN4O4. The van der Waals surface area contributed by atoms with Gasteiger partial charge in [-0.25, -0.2) is 4.79 Å². The second-order valence-corrected chi connectivity index (χ2v) is 10.8. The van der Waals surface area contributed by atoms with E-state index in [0.717, 1.165) is 16.9 Å². The number of nitrogens with zero attached hydrogens (tertiary/aromatic N) is 3. The Labute approximate surface area is 245 Å².